The predicted molar refractivity (Wildman–Crippen MR) is 54.3 cm³/mol. The monoisotopic (exact) mass is 209 g/mol. The second-order valence-electron chi connectivity index (χ2n) is 2.87. The van der Waals surface area contributed by atoms with Crippen molar-refractivity contribution in [3.63, 3.8) is 0 Å². The quantitative estimate of drug-likeness (QED) is 0.787. The van der Waals surface area contributed by atoms with Crippen molar-refractivity contribution in [3.8, 4) is 5.75 Å². The molecule has 0 aliphatic rings. The van der Waals surface area contributed by atoms with Crippen molar-refractivity contribution < 1.29 is 19.4 Å². The van der Waals surface area contributed by atoms with Gasteiger partial charge in [-0.1, -0.05) is 6.07 Å². The molecule has 80 valence electrons. The molecule has 0 saturated heterocycles. The summed E-state index contributed by atoms with van der Waals surface area (Å²) in [5.74, 6) is -1.25. The van der Waals surface area contributed by atoms with E-state index in [9.17, 15) is 9.59 Å². The van der Waals surface area contributed by atoms with Crippen molar-refractivity contribution in [1.29, 1.82) is 0 Å². The summed E-state index contributed by atoms with van der Waals surface area (Å²) in [4.78, 5) is 21.8. The zero-order valence-corrected chi connectivity index (χ0v) is 8.40. The Bertz CT molecular complexity index is 400. The number of ether oxygens (including phenoxy) is 1. The van der Waals surface area contributed by atoms with E-state index in [4.69, 9.17) is 9.84 Å². The third kappa shape index (κ3) is 2.46. The lowest BCUT2D eigenvalue weighted by atomic mass is 10.1. The molecule has 0 bridgehead atoms. The smallest absolute Gasteiger partial charge is 0.341 e. The van der Waals surface area contributed by atoms with Crippen molar-refractivity contribution in [2.24, 2.45) is 0 Å². The number of methoxy groups -OCH3 is 1. The summed E-state index contributed by atoms with van der Waals surface area (Å²) in [5.41, 5.74) is 0.185. The van der Waals surface area contributed by atoms with E-state index in [2.05, 4.69) is 5.32 Å². The molecule has 15 heavy (non-hydrogen) atoms. The summed E-state index contributed by atoms with van der Waals surface area (Å²) < 4.78 is 4.90. The molecule has 0 spiro atoms. The van der Waals surface area contributed by atoms with Gasteiger partial charge in [-0.15, -0.1) is 0 Å². The van der Waals surface area contributed by atoms with E-state index in [1.165, 1.54) is 26.2 Å². The molecular formula is C10H11NO4. The topological polar surface area (TPSA) is 75.6 Å². The molecule has 1 aromatic rings. The van der Waals surface area contributed by atoms with E-state index >= 15 is 0 Å². The highest BCUT2D eigenvalue weighted by atomic mass is 16.5. The summed E-state index contributed by atoms with van der Waals surface area (Å²) in [6, 6.07) is 4.64. The lowest BCUT2D eigenvalue weighted by molar-refractivity contribution is -0.114. The van der Waals surface area contributed by atoms with Crippen molar-refractivity contribution >= 4 is 17.6 Å². The van der Waals surface area contributed by atoms with Gasteiger partial charge in [0.05, 0.1) is 12.8 Å². The van der Waals surface area contributed by atoms with Crippen molar-refractivity contribution in [3.05, 3.63) is 23.8 Å². The van der Waals surface area contributed by atoms with Crippen LogP contribution in [0.4, 0.5) is 5.69 Å². The van der Waals surface area contributed by atoms with Crippen LogP contribution < -0.4 is 10.1 Å². The number of carbonyl (C=O) groups excluding carboxylic acids is 1. The summed E-state index contributed by atoms with van der Waals surface area (Å²) in [7, 11) is 1.37. The van der Waals surface area contributed by atoms with Crippen LogP contribution in [0.5, 0.6) is 5.75 Å². The molecule has 0 fully saturated rings. The molecule has 1 aromatic carbocycles. The maximum Gasteiger partial charge on any atom is 0.341 e. The number of anilines is 1. The van der Waals surface area contributed by atoms with Crippen LogP contribution in [0, 0.1) is 0 Å². The number of hydrogen-bond acceptors (Lipinski definition) is 3. The summed E-state index contributed by atoms with van der Waals surface area (Å²) >= 11 is 0. The van der Waals surface area contributed by atoms with Crippen LogP contribution in [-0.2, 0) is 4.79 Å². The summed E-state index contributed by atoms with van der Waals surface area (Å²) in [6.07, 6.45) is 0. The normalized spacial score (nSPS) is 9.47. The van der Waals surface area contributed by atoms with E-state index in [1.54, 1.807) is 6.07 Å². The molecule has 0 aromatic heterocycles. The number of hydrogen-bond donors (Lipinski definition) is 2. The molecule has 0 aliphatic heterocycles. The SMILES string of the molecule is COc1cccc(NC(C)=O)c1C(=O)O. The Morgan fingerprint density at radius 1 is 1.40 bits per heavy atom. The predicted octanol–water partition coefficient (Wildman–Crippen LogP) is 1.35. The van der Waals surface area contributed by atoms with Gasteiger partial charge in [0, 0.05) is 6.92 Å². The van der Waals surface area contributed by atoms with Crippen LogP contribution in [0.25, 0.3) is 0 Å². The largest absolute Gasteiger partial charge is 0.496 e. The Hall–Kier alpha value is -2.04. The van der Waals surface area contributed by atoms with Crippen LogP contribution in [-0.4, -0.2) is 24.1 Å². The van der Waals surface area contributed by atoms with Crippen molar-refractivity contribution in [1.82, 2.24) is 0 Å². The number of carboxylic acids is 1. The molecule has 0 radical (unpaired) electrons. The second kappa shape index (κ2) is 4.45. The van der Waals surface area contributed by atoms with E-state index in [1.807, 2.05) is 0 Å². The van der Waals surface area contributed by atoms with Gasteiger partial charge in [0.1, 0.15) is 11.3 Å². The standard InChI is InChI=1S/C10H11NO4/c1-6(12)11-7-4-3-5-8(15-2)9(7)10(13)14/h3-5H,1-2H3,(H,11,12)(H,13,14). The van der Waals surface area contributed by atoms with Gasteiger partial charge in [0.2, 0.25) is 5.91 Å². The van der Waals surface area contributed by atoms with Gasteiger partial charge in [-0.3, -0.25) is 4.79 Å². The first kappa shape index (κ1) is 11.0. The number of nitrogens with one attached hydrogen (secondary N) is 1. The van der Waals surface area contributed by atoms with Crippen molar-refractivity contribution in [2.75, 3.05) is 12.4 Å². The van der Waals surface area contributed by atoms with Crippen LogP contribution in [0.3, 0.4) is 0 Å². The van der Waals surface area contributed by atoms with Crippen LogP contribution in [0.1, 0.15) is 17.3 Å². The number of amides is 1. The van der Waals surface area contributed by atoms with Gasteiger partial charge in [-0.05, 0) is 12.1 Å². The number of rotatable bonds is 3. The number of carboxylic acid groups (broad SMARTS) is 1. The molecular weight excluding hydrogens is 198 g/mol. The Kier molecular flexibility index (Phi) is 3.28. The highest BCUT2D eigenvalue weighted by Gasteiger charge is 2.16. The van der Waals surface area contributed by atoms with Gasteiger partial charge in [0.25, 0.3) is 0 Å². The van der Waals surface area contributed by atoms with E-state index in [0.717, 1.165) is 0 Å². The fourth-order valence-corrected chi connectivity index (χ4v) is 1.22. The maximum absolute atomic E-state index is 11.0. The molecule has 1 amide bonds. The lowest BCUT2D eigenvalue weighted by Gasteiger charge is -2.10. The summed E-state index contributed by atoms with van der Waals surface area (Å²) in [5, 5.41) is 11.4. The first-order valence-electron chi connectivity index (χ1n) is 4.24. The van der Waals surface area contributed by atoms with Gasteiger partial charge >= 0.3 is 5.97 Å². The Labute approximate surface area is 86.7 Å². The maximum atomic E-state index is 11.0. The average molecular weight is 209 g/mol. The fourth-order valence-electron chi connectivity index (χ4n) is 1.22. The van der Waals surface area contributed by atoms with Gasteiger partial charge in [0.15, 0.2) is 0 Å². The third-order valence-corrected chi connectivity index (χ3v) is 1.77. The summed E-state index contributed by atoms with van der Waals surface area (Å²) in [6.45, 7) is 1.31. The van der Waals surface area contributed by atoms with Gasteiger partial charge in [-0.2, -0.15) is 0 Å². The first-order valence-corrected chi connectivity index (χ1v) is 4.24. The van der Waals surface area contributed by atoms with E-state index < -0.39 is 5.97 Å². The molecule has 0 atom stereocenters. The van der Waals surface area contributed by atoms with Crippen LogP contribution in [0.2, 0.25) is 0 Å². The second-order valence-corrected chi connectivity index (χ2v) is 2.87. The molecule has 2 N–H and O–H groups in total. The molecule has 5 nitrogen and oxygen atoms in total. The minimum absolute atomic E-state index is 0.0461. The third-order valence-electron chi connectivity index (χ3n) is 1.77. The average Bonchev–Trinajstić information content (AvgIpc) is 2.15. The van der Waals surface area contributed by atoms with Gasteiger partial charge in [-0.25, -0.2) is 4.79 Å². The Morgan fingerprint density at radius 3 is 2.53 bits per heavy atom. The van der Waals surface area contributed by atoms with E-state index in [0.29, 0.717) is 0 Å². The number of benzene rings is 1. The van der Waals surface area contributed by atoms with Gasteiger partial charge < -0.3 is 15.2 Å². The molecule has 0 heterocycles. The molecule has 0 aliphatic carbocycles. The van der Waals surface area contributed by atoms with Crippen LogP contribution in [0.15, 0.2) is 18.2 Å². The zero-order chi connectivity index (χ0) is 11.4. The number of carbonyl (C=O) groups is 2. The molecule has 0 unspecified atom stereocenters. The van der Waals surface area contributed by atoms with Crippen LogP contribution >= 0.6 is 0 Å². The first-order chi connectivity index (χ1) is 7.06. The molecule has 0 saturated carbocycles. The highest BCUT2D eigenvalue weighted by Crippen LogP contribution is 2.26. The molecule has 5 heteroatoms. The molecule has 1 rings (SSSR count). The minimum Gasteiger partial charge on any atom is -0.496 e. The lowest BCUT2D eigenvalue weighted by Crippen LogP contribution is -2.11. The van der Waals surface area contributed by atoms with E-state index in [-0.39, 0.29) is 22.9 Å². The Balaban J connectivity index is 3.25. The number of aromatic carboxylic acids is 1. The Morgan fingerprint density at radius 2 is 2.07 bits per heavy atom. The zero-order valence-electron chi connectivity index (χ0n) is 8.40. The van der Waals surface area contributed by atoms with Crippen molar-refractivity contribution in [2.45, 2.75) is 6.92 Å². The fraction of sp³-hybridized carbons (Fsp3) is 0.200. The minimum atomic E-state index is -1.14. The highest BCUT2D eigenvalue weighted by molar-refractivity contribution is 6.02.